The van der Waals surface area contributed by atoms with Crippen LogP contribution in [0.25, 0.3) is 16.7 Å². The number of halogens is 3. The molecule has 2 aromatic carbocycles. The summed E-state index contributed by atoms with van der Waals surface area (Å²) in [5.74, 6) is -3.83. The van der Waals surface area contributed by atoms with E-state index in [1.54, 1.807) is 0 Å². The lowest BCUT2D eigenvalue weighted by atomic mass is 10.1. The van der Waals surface area contributed by atoms with Crippen molar-refractivity contribution in [2.45, 2.75) is 6.54 Å². The van der Waals surface area contributed by atoms with Gasteiger partial charge < -0.3 is 10.4 Å². The highest BCUT2D eigenvalue weighted by molar-refractivity contribution is 6.02. The van der Waals surface area contributed by atoms with Crippen LogP contribution in [-0.2, 0) is 6.54 Å². The zero-order valence-electron chi connectivity index (χ0n) is 15.8. The van der Waals surface area contributed by atoms with Gasteiger partial charge in [0.15, 0.2) is 5.65 Å². The highest BCUT2D eigenvalue weighted by Gasteiger charge is 2.23. The van der Waals surface area contributed by atoms with Crippen molar-refractivity contribution in [1.82, 2.24) is 14.9 Å². The number of fused-ring (bicyclic) bond motifs is 1. The van der Waals surface area contributed by atoms with Gasteiger partial charge >= 0.3 is 0 Å². The van der Waals surface area contributed by atoms with Gasteiger partial charge in [0, 0.05) is 18.8 Å². The van der Waals surface area contributed by atoms with E-state index in [-0.39, 0.29) is 28.8 Å². The fraction of sp³-hybridized carbons (Fsp3) is 0.0455. The molecule has 0 bridgehead atoms. The summed E-state index contributed by atoms with van der Waals surface area (Å²) in [6, 6.07) is 10.8. The molecule has 0 saturated heterocycles. The summed E-state index contributed by atoms with van der Waals surface area (Å²) in [7, 11) is 0. The molecule has 6 nitrogen and oxygen atoms in total. The smallest absolute Gasteiger partial charge is 0.273 e. The Labute approximate surface area is 173 Å². The fourth-order valence-corrected chi connectivity index (χ4v) is 3.25. The van der Waals surface area contributed by atoms with Crippen LogP contribution in [0.5, 0.6) is 5.75 Å². The van der Waals surface area contributed by atoms with Gasteiger partial charge in [0.1, 0.15) is 28.8 Å². The molecule has 0 aliphatic carbocycles. The van der Waals surface area contributed by atoms with E-state index in [2.05, 4.69) is 10.3 Å². The third-order valence-corrected chi connectivity index (χ3v) is 4.58. The largest absolute Gasteiger partial charge is 0.506 e. The third-order valence-electron chi connectivity index (χ3n) is 4.58. The number of amides is 1. The molecule has 0 radical (unpaired) electrons. The van der Waals surface area contributed by atoms with Crippen LogP contribution in [0.2, 0.25) is 0 Å². The first kappa shape index (κ1) is 20.1. The maximum absolute atomic E-state index is 13.8. The second-order valence-corrected chi connectivity index (χ2v) is 6.68. The molecule has 2 aromatic heterocycles. The van der Waals surface area contributed by atoms with Crippen molar-refractivity contribution < 1.29 is 23.1 Å². The average molecular weight is 425 g/mol. The number of hydrogen-bond donors (Lipinski definition) is 2. The van der Waals surface area contributed by atoms with Crippen LogP contribution in [0.4, 0.5) is 13.2 Å². The molecule has 2 N–H and O–H groups in total. The van der Waals surface area contributed by atoms with E-state index in [9.17, 15) is 27.9 Å². The molecule has 1 amide bonds. The molecular formula is C22H14F3N3O3. The van der Waals surface area contributed by atoms with Gasteiger partial charge in [-0.05, 0) is 48.0 Å². The van der Waals surface area contributed by atoms with Crippen LogP contribution < -0.4 is 10.9 Å². The molecular weight excluding hydrogens is 411 g/mol. The van der Waals surface area contributed by atoms with Crippen molar-refractivity contribution in [2.24, 2.45) is 0 Å². The van der Waals surface area contributed by atoms with Crippen molar-refractivity contribution in [2.75, 3.05) is 0 Å². The molecule has 0 unspecified atom stereocenters. The number of carbonyl (C=O) groups excluding carboxylic acids is 1. The number of nitrogens with one attached hydrogen (secondary N) is 1. The predicted octanol–water partition coefficient (Wildman–Crippen LogP) is 3.44. The predicted molar refractivity (Wildman–Crippen MR) is 106 cm³/mol. The van der Waals surface area contributed by atoms with Gasteiger partial charge in [-0.15, -0.1) is 0 Å². The minimum atomic E-state index is -0.969. The van der Waals surface area contributed by atoms with Gasteiger partial charge in [-0.2, -0.15) is 0 Å². The van der Waals surface area contributed by atoms with E-state index < -0.39 is 40.2 Å². The van der Waals surface area contributed by atoms with E-state index >= 15 is 0 Å². The lowest BCUT2D eigenvalue weighted by molar-refractivity contribution is 0.0946. The first-order chi connectivity index (χ1) is 14.8. The summed E-state index contributed by atoms with van der Waals surface area (Å²) in [6.45, 7) is -0.294. The Morgan fingerprint density at radius 2 is 1.74 bits per heavy atom. The van der Waals surface area contributed by atoms with Crippen molar-refractivity contribution in [3.05, 3.63) is 99.7 Å². The average Bonchev–Trinajstić information content (AvgIpc) is 2.72. The molecule has 9 heteroatoms. The van der Waals surface area contributed by atoms with Gasteiger partial charge in [0.25, 0.3) is 11.5 Å². The lowest BCUT2D eigenvalue weighted by Gasteiger charge is -2.14. The minimum absolute atomic E-state index is 0.0272. The van der Waals surface area contributed by atoms with E-state index in [1.165, 1.54) is 36.5 Å². The molecule has 0 spiro atoms. The maximum Gasteiger partial charge on any atom is 0.273 e. The Kier molecular flexibility index (Phi) is 5.16. The SMILES string of the molecule is O=C(NCc1cc(F)cc(F)c1)c1c(O)c2cccnc2n(-c2cccc(F)c2)c1=O. The number of pyridine rings is 2. The normalized spacial score (nSPS) is 10.9. The van der Waals surface area contributed by atoms with Crippen LogP contribution in [0, 0.1) is 17.5 Å². The van der Waals surface area contributed by atoms with Crippen LogP contribution >= 0.6 is 0 Å². The van der Waals surface area contributed by atoms with Crippen LogP contribution in [0.1, 0.15) is 15.9 Å². The monoisotopic (exact) mass is 425 g/mol. The third kappa shape index (κ3) is 3.85. The molecule has 0 saturated carbocycles. The Balaban J connectivity index is 1.82. The number of aromatic nitrogens is 2. The Morgan fingerprint density at radius 1 is 1.00 bits per heavy atom. The number of rotatable bonds is 4. The number of hydrogen-bond acceptors (Lipinski definition) is 4. The highest BCUT2D eigenvalue weighted by atomic mass is 19.1. The van der Waals surface area contributed by atoms with Gasteiger partial charge in [-0.3, -0.25) is 14.2 Å². The zero-order valence-corrected chi connectivity index (χ0v) is 15.8. The molecule has 2 heterocycles. The van der Waals surface area contributed by atoms with Crippen LogP contribution in [0.3, 0.4) is 0 Å². The van der Waals surface area contributed by atoms with Crippen LogP contribution in [0.15, 0.2) is 65.6 Å². The molecule has 4 aromatic rings. The molecule has 0 aliphatic rings. The van der Waals surface area contributed by atoms with Crippen molar-refractivity contribution in [1.29, 1.82) is 0 Å². The Bertz CT molecular complexity index is 1370. The summed E-state index contributed by atoms with van der Waals surface area (Å²) < 4.78 is 41.5. The van der Waals surface area contributed by atoms with Crippen LogP contribution in [-0.4, -0.2) is 20.6 Å². The second kappa shape index (κ2) is 7.94. The molecule has 0 atom stereocenters. The summed E-state index contributed by atoms with van der Waals surface area (Å²) in [6.07, 6.45) is 1.38. The van der Waals surface area contributed by atoms with Crippen molar-refractivity contribution >= 4 is 16.9 Å². The van der Waals surface area contributed by atoms with E-state index in [4.69, 9.17) is 0 Å². The van der Waals surface area contributed by atoms with E-state index in [0.717, 1.165) is 22.8 Å². The number of carbonyl (C=O) groups is 1. The quantitative estimate of drug-likeness (QED) is 0.525. The maximum atomic E-state index is 13.8. The molecule has 0 aliphatic heterocycles. The number of nitrogens with zero attached hydrogens (tertiary/aromatic N) is 2. The Hall–Kier alpha value is -4.14. The standard InChI is InChI=1S/C22H14F3N3O3/c23-13-3-1-4-16(10-13)28-20-17(5-2-6-26-20)19(29)18(22(28)31)21(30)27-11-12-7-14(24)9-15(25)8-12/h1-10,29H,11H2,(H,27,30). The molecule has 156 valence electrons. The fourth-order valence-electron chi connectivity index (χ4n) is 3.25. The van der Waals surface area contributed by atoms with E-state index in [0.29, 0.717) is 6.07 Å². The minimum Gasteiger partial charge on any atom is -0.506 e. The van der Waals surface area contributed by atoms with Crippen molar-refractivity contribution in [3.8, 4) is 11.4 Å². The van der Waals surface area contributed by atoms with Gasteiger partial charge in [0.05, 0.1) is 11.1 Å². The van der Waals surface area contributed by atoms with Crippen molar-refractivity contribution in [3.63, 3.8) is 0 Å². The van der Waals surface area contributed by atoms with Gasteiger partial charge in [-0.1, -0.05) is 6.07 Å². The van der Waals surface area contributed by atoms with Gasteiger partial charge in [-0.25, -0.2) is 18.2 Å². The summed E-state index contributed by atoms with van der Waals surface area (Å²) >= 11 is 0. The number of aromatic hydroxyl groups is 1. The Morgan fingerprint density at radius 3 is 2.45 bits per heavy atom. The summed E-state index contributed by atoms with van der Waals surface area (Å²) in [5, 5.41) is 13.1. The highest BCUT2D eigenvalue weighted by Crippen LogP contribution is 2.27. The first-order valence-electron chi connectivity index (χ1n) is 9.07. The number of benzene rings is 2. The second-order valence-electron chi connectivity index (χ2n) is 6.68. The molecule has 4 rings (SSSR count). The summed E-state index contributed by atoms with van der Waals surface area (Å²) in [5.41, 5.74) is -1.29. The molecule has 31 heavy (non-hydrogen) atoms. The van der Waals surface area contributed by atoms with E-state index in [1.807, 2.05) is 0 Å². The van der Waals surface area contributed by atoms with Gasteiger partial charge in [0.2, 0.25) is 0 Å². The summed E-state index contributed by atoms with van der Waals surface area (Å²) in [4.78, 5) is 30.0. The molecule has 0 fully saturated rings. The first-order valence-corrected chi connectivity index (χ1v) is 9.07. The topological polar surface area (TPSA) is 84.2 Å². The zero-order chi connectivity index (χ0) is 22.1. The lowest BCUT2D eigenvalue weighted by Crippen LogP contribution is -2.33.